The summed E-state index contributed by atoms with van der Waals surface area (Å²) in [5.74, 6) is -0.725. The molecule has 8 nitrogen and oxygen atoms in total. The number of anilines is 1. The second kappa shape index (κ2) is 7.71. The van der Waals surface area contributed by atoms with Gasteiger partial charge in [0.15, 0.2) is 17.0 Å². The summed E-state index contributed by atoms with van der Waals surface area (Å²) in [4.78, 5) is 16.7. The number of aromatic nitrogens is 5. The van der Waals surface area contributed by atoms with Crippen molar-refractivity contribution in [2.24, 2.45) is 0 Å². The fourth-order valence-electron chi connectivity index (χ4n) is 3.03. The van der Waals surface area contributed by atoms with Crippen LogP contribution in [0.4, 0.5) is 14.6 Å². The van der Waals surface area contributed by atoms with E-state index in [-0.39, 0.29) is 40.9 Å². The number of nitrogens with two attached hydrogens (primary N) is 1. The first-order valence-electron chi connectivity index (χ1n) is 8.96. The van der Waals surface area contributed by atoms with Crippen LogP contribution in [0.15, 0.2) is 36.7 Å². The van der Waals surface area contributed by atoms with Gasteiger partial charge in [0.05, 0.1) is 31.0 Å². The van der Waals surface area contributed by atoms with Gasteiger partial charge in [-0.3, -0.25) is 4.98 Å². The third-order valence-corrected chi connectivity index (χ3v) is 4.34. The molecule has 0 unspecified atom stereocenters. The smallest absolute Gasteiger partial charge is 0.320 e. The fraction of sp³-hybridized carbons (Fsp3) is 0.150. The number of fused-ring (bicyclic) bond motifs is 1. The highest BCUT2D eigenvalue weighted by molar-refractivity contribution is 5.85. The Balaban J connectivity index is 1.97. The van der Waals surface area contributed by atoms with Crippen LogP contribution in [0.3, 0.4) is 0 Å². The van der Waals surface area contributed by atoms with Gasteiger partial charge in [0.2, 0.25) is 0 Å². The van der Waals surface area contributed by atoms with Gasteiger partial charge in [-0.15, -0.1) is 0 Å². The van der Waals surface area contributed by atoms with Crippen LogP contribution in [0.2, 0.25) is 0 Å². The van der Waals surface area contributed by atoms with Gasteiger partial charge in [0.1, 0.15) is 17.5 Å². The maximum Gasteiger partial charge on any atom is 0.320 e. The predicted molar refractivity (Wildman–Crippen MR) is 104 cm³/mol. The summed E-state index contributed by atoms with van der Waals surface area (Å²) in [6, 6.07) is 7.31. The Kier molecular flexibility index (Phi) is 4.93. The second-order valence-corrected chi connectivity index (χ2v) is 6.33. The molecule has 0 atom stereocenters. The van der Waals surface area contributed by atoms with E-state index in [1.165, 1.54) is 30.5 Å². The first-order valence-corrected chi connectivity index (χ1v) is 8.96. The van der Waals surface area contributed by atoms with Crippen LogP contribution in [0.1, 0.15) is 18.1 Å². The Bertz CT molecular complexity index is 1300. The SMILES string of the molecule is CCOc1nc(N)c2nc(-c3cncc(F)c3)n(Cc3cc(C#N)ccc3F)c2n1. The van der Waals surface area contributed by atoms with Crippen LogP contribution in [0.5, 0.6) is 6.01 Å². The minimum Gasteiger partial charge on any atom is -0.464 e. The number of pyridine rings is 1. The molecule has 0 amide bonds. The van der Waals surface area contributed by atoms with E-state index in [9.17, 15) is 8.78 Å². The molecule has 10 heteroatoms. The molecule has 0 aliphatic carbocycles. The molecule has 3 aromatic heterocycles. The Labute approximate surface area is 169 Å². The van der Waals surface area contributed by atoms with Gasteiger partial charge < -0.3 is 15.0 Å². The number of nitrogens with zero attached hydrogens (tertiary/aromatic N) is 6. The molecule has 0 saturated carbocycles. The number of rotatable bonds is 5. The zero-order chi connectivity index (χ0) is 21.3. The molecule has 3 heterocycles. The highest BCUT2D eigenvalue weighted by Crippen LogP contribution is 2.29. The Morgan fingerprint density at radius 1 is 1.17 bits per heavy atom. The lowest BCUT2D eigenvalue weighted by atomic mass is 10.1. The second-order valence-electron chi connectivity index (χ2n) is 6.33. The van der Waals surface area contributed by atoms with E-state index in [1.807, 2.05) is 6.07 Å². The molecule has 0 fully saturated rings. The van der Waals surface area contributed by atoms with E-state index < -0.39 is 11.6 Å². The molecule has 4 rings (SSSR count). The van der Waals surface area contributed by atoms with Crippen molar-refractivity contribution in [2.75, 3.05) is 12.3 Å². The number of halogens is 2. The molecule has 0 spiro atoms. The van der Waals surface area contributed by atoms with Crippen LogP contribution >= 0.6 is 0 Å². The van der Waals surface area contributed by atoms with Gasteiger partial charge in [-0.1, -0.05) is 0 Å². The molecule has 30 heavy (non-hydrogen) atoms. The van der Waals surface area contributed by atoms with Gasteiger partial charge in [0, 0.05) is 17.3 Å². The summed E-state index contributed by atoms with van der Waals surface area (Å²) >= 11 is 0. The van der Waals surface area contributed by atoms with E-state index in [1.54, 1.807) is 11.5 Å². The van der Waals surface area contributed by atoms with Crippen LogP contribution < -0.4 is 10.5 Å². The number of ether oxygens (including phenoxy) is 1. The van der Waals surface area contributed by atoms with E-state index in [2.05, 4.69) is 19.9 Å². The molecular formula is C20H15F2N7O. The monoisotopic (exact) mass is 407 g/mol. The van der Waals surface area contributed by atoms with Crippen LogP contribution in [0.25, 0.3) is 22.6 Å². The largest absolute Gasteiger partial charge is 0.464 e. The third-order valence-electron chi connectivity index (χ3n) is 4.34. The molecular weight excluding hydrogens is 392 g/mol. The number of benzene rings is 1. The van der Waals surface area contributed by atoms with Gasteiger partial charge in [-0.2, -0.15) is 15.2 Å². The van der Waals surface area contributed by atoms with Crippen LogP contribution in [0, 0.1) is 23.0 Å². The Morgan fingerprint density at radius 2 is 2.00 bits per heavy atom. The van der Waals surface area contributed by atoms with Crippen molar-refractivity contribution in [3.63, 3.8) is 0 Å². The van der Waals surface area contributed by atoms with E-state index >= 15 is 0 Å². The lowest BCUT2D eigenvalue weighted by Crippen LogP contribution is -2.07. The number of hydrogen-bond donors (Lipinski definition) is 1. The zero-order valence-corrected chi connectivity index (χ0v) is 15.8. The predicted octanol–water partition coefficient (Wildman–Crippen LogP) is 3.07. The van der Waals surface area contributed by atoms with Gasteiger partial charge in [0.25, 0.3) is 0 Å². The average molecular weight is 407 g/mol. The fourth-order valence-corrected chi connectivity index (χ4v) is 3.03. The zero-order valence-electron chi connectivity index (χ0n) is 15.8. The van der Waals surface area contributed by atoms with Crippen molar-refractivity contribution >= 4 is 17.0 Å². The normalized spacial score (nSPS) is 10.9. The first kappa shape index (κ1) is 19.2. The van der Waals surface area contributed by atoms with Crippen molar-refractivity contribution < 1.29 is 13.5 Å². The van der Waals surface area contributed by atoms with Crippen molar-refractivity contribution in [3.05, 3.63) is 59.4 Å². The lowest BCUT2D eigenvalue weighted by Gasteiger charge is -2.11. The Hall–Kier alpha value is -4.13. The van der Waals surface area contributed by atoms with Crippen molar-refractivity contribution in [2.45, 2.75) is 13.5 Å². The molecule has 4 aromatic rings. The average Bonchev–Trinajstić information content (AvgIpc) is 3.09. The molecule has 0 radical (unpaired) electrons. The summed E-state index contributed by atoms with van der Waals surface area (Å²) in [7, 11) is 0. The first-order chi connectivity index (χ1) is 14.5. The Morgan fingerprint density at radius 3 is 2.73 bits per heavy atom. The standard InChI is InChI=1S/C20H15F2N7O/c1-2-30-20-27-17(24)16-19(28-20)29(10-13-5-11(7-23)3-4-15(13)22)18(26-16)12-6-14(21)9-25-8-12/h3-6,8-9H,2,10H2,1H3,(H2,24,27,28). The van der Waals surface area contributed by atoms with Gasteiger partial charge in [-0.05, 0) is 31.2 Å². The highest BCUT2D eigenvalue weighted by atomic mass is 19.1. The number of imidazole rings is 1. The quantitative estimate of drug-likeness (QED) is 0.540. The van der Waals surface area contributed by atoms with Gasteiger partial charge in [-0.25, -0.2) is 13.8 Å². The maximum absolute atomic E-state index is 14.5. The van der Waals surface area contributed by atoms with Crippen LogP contribution in [-0.2, 0) is 6.54 Å². The lowest BCUT2D eigenvalue weighted by molar-refractivity contribution is 0.314. The van der Waals surface area contributed by atoms with Crippen molar-refractivity contribution in [1.82, 2.24) is 24.5 Å². The third kappa shape index (κ3) is 3.48. The van der Waals surface area contributed by atoms with E-state index in [0.717, 1.165) is 6.20 Å². The van der Waals surface area contributed by atoms with E-state index in [0.29, 0.717) is 17.7 Å². The number of nitriles is 1. The molecule has 0 bridgehead atoms. The molecule has 150 valence electrons. The number of hydrogen-bond acceptors (Lipinski definition) is 7. The number of nitrogen functional groups attached to an aromatic ring is 1. The molecule has 2 N–H and O–H groups in total. The summed E-state index contributed by atoms with van der Waals surface area (Å²) in [6.45, 7) is 2.05. The minimum atomic E-state index is -0.558. The molecule has 0 saturated heterocycles. The minimum absolute atomic E-state index is 0.0360. The molecule has 1 aromatic carbocycles. The topological polar surface area (TPSA) is 116 Å². The van der Waals surface area contributed by atoms with Crippen molar-refractivity contribution in [3.8, 4) is 23.5 Å². The van der Waals surface area contributed by atoms with Crippen LogP contribution in [-0.4, -0.2) is 31.1 Å². The summed E-state index contributed by atoms with van der Waals surface area (Å²) < 4.78 is 35.2. The molecule has 0 aliphatic heterocycles. The maximum atomic E-state index is 14.5. The van der Waals surface area contributed by atoms with Crippen molar-refractivity contribution in [1.29, 1.82) is 5.26 Å². The van der Waals surface area contributed by atoms with Gasteiger partial charge >= 0.3 is 6.01 Å². The highest BCUT2D eigenvalue weighted by Gasteiger charge is 2.20. The van der Waals surface area contributed by atoms with E-state index in [4.69, 9.17) is 15.7 Å². The summed E-state index contributed by atoms with van der Waals surface area (Å²) in [5, 5.41) is 9.15. The summed E-state index contributed by atoms with van der Waals surface area (Å²) in [6.07, 6.45) is 2.49. The molecule has 0 aliphatic rings. The summed E-state index contributed by atoms with van der Waals surface area (Å²) in [5.41, 5.74) is 7.46.